The zero-order valence-corrected chi connectivity index (χ0v) is 11.9. The molecular formula is C15H26N2O. The van der Waals surface area contributed by atoms with Gasteiger partial charge in [0.05, 0.1) is 6.10 Å². The van der Waals surface area contributed by atoms with E-state index in [0.717, 1.165) is 24.5 Å². The number of hydrogen-bond acceptors (Lipinski definition) is 3. The van der Waals surface area contributed by atoms with Gasteiger partial charge in [-0.1, -0.05) is 32.8 Å². The number of pyridine rings is 1. The van der Waals surface area contributed by atoms with Crippen LogP contribution < -0.4 is 4.90 Å². The Labute approximate surface area is 111 Å². The van der Waals surface area contributed by atoms with Crippen LogP contribution in [0, 0.1) is 0 Å². The Bertz CT molecular complexity index is 314. The Morgan fingerprint density at radius 3 is 2.17 bits per heavy atom. The largest absolute Gasteiger partial charge is 0.389 e. The Morgan fingerprint density at radius 1 is 1.17 bits per heavy atom. The molecule has 0 fully saturated rings. The molecule has 0 spiro atoms. The topological polar surface area (TPSA) is 36.4 Å². The van der Waals surface area contributed by atoms with Crippen molar-refractivity contribution in [1.29, 1.82) is 0 Å². The second-order valence-electron chi connectivity index (χ2n) is 4.82. The van der Waals surface area contributed by atoms with Crippen LogP contribution in [0.1, 0.15) is 58.1 Å². The van der Waals surface area contributed by atoms with Crippen LogP contribution in [-0.4, -0.2) is 23.2 Å². The molecule has 0 bridgehead atoms. The van der Waals surface area contributed by atoms with E-state index in [-0.39, 0.29) is 0 Å². The highest BCUT2D eigenvalue weighted by molar-refractivity contribution is 5.39. The normalized spacial score (nSPS) is 12.4. The molecule has 0 aliphatic carbocycles. The van der Waals surface area contributed by atoms with Gasteiger partial charge in [-0.05, 0) is 31.4 Å². The summed E-state index contributed by atoms with van der Waals surface area (Å²) in [6, 6.07) is 3.99. The molecule has 0 saturated carbocycles. The molecule has 0 amide bonds. The highest BCUT2D eigenvalue weighted by Gasteiger charge is 2.08. The van der Waals surface area contributed by atoms with Gasteiger partial charge in [-0.2, -0.15) is 0 Å². The van der Waals surface area contributed by atoms with Crippen molar-refractivity contribution in [1.82, 2.24) is 4.98 Å². The summed E-state index contributed by atoms with van der Waals surface area (Å²) in [5.41, 5.74) is 0.879. The smallest absolute Gasteiger partial charge is 0.128 e. The van der Waals surface area contributed by atoms with Crippen LogP contribution in [0.15, 0.2) is 18.3 Å². The molecule has 0 aromatic carbocycles. The van der Waals surface area contributed by atoms with Gasteiger partial charge in [0, 0.05) is 19.3 Å². The lowest BCUT2D eigenvalue weighted by atomic mass is 10.2. The standard InChI is InChI=1S/C15H26N2O/c1-4-6-10-17(11-7-5-2)15-9-8-14(12-16-15)13(3)18/h8-9,12-13,18H,4-7,10-11H2,1-3H3/t13-/m0/s1. The minimum absolute atomic E-state index is 0.439. The number of nitrogens with zero attached hydrogens (tertiary/aromatic N) is 2. The number of aliphatic hydroxyl groups excluding tert-OH is 1. The molecular weight excluding hydrogens is 224 g/mol. The monoisotopic (exact) mass is 250 g/mol. The SMILES string of the molecule is CCCCN(CCCC)c1ccc([C@H](C)O)cn1. The maximum absolute atomic E-state index is 9.48. The summed E-state index contributed by atoms with van der Waals surface area (Å²) in [6.45, 7) is 8.32. The number of unbranched alkanes of at least 4 members (excludes halogenated alkanes) is 2. The fourth-order valence-corrected chi connectivity index (χ4v) is 1.87. The van der Waals surface area contributed by atoms with E-state index in [2.05, 4.69) is 23.7 Å². The van der Waals surface area contributed by atoms with Crippen molar-refractivity contribution in [3.05, 3.63) is 23.9 Å². The van der Waals surface area contributed by atoms with Gasteiger partial charge in [-0.15, -0.1) is 0 Å². The van der Waals surface area contributed by atoms with Gasteiger partial charge in [0.25, 0.3) is 0 Å². The highest BCUT2D eigenvalue weighted by atomic mass is 16.3. The molecule has 0 aliphatic rings. The zero-order chi connectivity index (χ0) is 13.4. The summed E-state index contributed by atoms with van der Waals surface area (Å²) in [4.78, 5) is 6.82. The number of hydrogen-bond donors (Lipinski definition) is 1. The minimum Gasteiger partial charge on any atom is -0.389 e. The van der Waals surface area contributed by atoms with Crippen molar-refractivity contribution in [2.24, 2.45) is 0 Å². The molecule has 0 saturated heterocycles. The van der Waals surface area contributed by atoms with Crippen LogP contribution in [0.4, 0.5) is 5.82 Å². The van der Waals surface area contributed by atoms with Crippen LogP contribution >= 0.6 is 0 Å². The zero-order valence-electron chi connectivity index (χ0n) is 11.9. The molecule has 18 heavy (non-hydrogen) atoms. The van der Waals surface area contributed by atoms with Crippen molar-refractivity contribution >= 4 is 5.82 Å². The van der Waals surface area contributed by atoms with Gasteiger partial charge in [0.15, 0.2) is 0 Å². The molecule has 1 rings (SSSR count). The van der Waals surface area contributed by atoms with Gasteiger partial charge in [0.1, 0.15) is 5.82 Å². The third-order valence-electron chi connectivity index (χ3n) is 3.14. The van der Waals surface area contributed by atoms with E-state index < -0.39 is 6.10 Å². The first-order valence-electron chi connectivity index (χ1n) is 7.08. The van der Waals surface area contributed by atoms with Crippen LogP contribution in [0.5, 0.6) is 0 Å². The average Bonchev–Trinajstić information content (AvgIpc) is 2.39. The Hall–Kier alpha value is -1.09. The van der Waals surface area contributed by atoms with Gasteiger partial charge in [-0.3, -0.25) is 0 Å². The van der Waals surface area contributed by atoms with Crippen molar-refractivity contribution in [2.75, 3.05) is 18.0 Å². The lowest BCUT2D eigenvalue weighted by molar-refractivity contribution is 0.199. The van der Waals surface area contributed by atoms with Gasteiger partial charge in [-0.25, -0.2) is 4.98 Å². The third-order valence-corrected chi connectivity index (χ3v) is 3.14. The second kappa shape index (κ2) is 8.09. The maximum atomic E-state index is 9.48. The first-order chi connectivity index (χ1) is 8.69. The van der Waals surface area contributed by atoms with Crippen molar-refractivity contribution in [3.63, 3.8) is 0 Å². The van der Waals surface area contributed by atoms with Crippen LogP contribution in [0.3, 0.4) is 0 Å². The number of anilines is 1. The van der Waals surface area contributed by atoms with Crippen molar-refractivity contribution in [3.8, 4) is 0 Å². The lowest BCUT2D eigenvalue weighted by Gasteiger charge is -2.23. The predicted octanol–water partition coefficient (Wildman–Crippen LogP) is 3.54. The summed E-state index contributed by atoms with van der Waals surface area (Å²) in [7, 11) is 0. The Kier molecular flexibility index (Phi) is 6.73. The molecule has 1 heterocycles. The lowest BCUT2D eigenvalue weighted by Crippen LogP contribution is -2.26. The molecule has 102 valence electrons. The Morgan fingerprint density at radius 2 is 1.78 bits per heavy atom. The first-order valence-corrected chi connectivity index (χ1v) is 7.08. The number of aliphatic hydroxyl groups is 1. The molecule has 1 atom stereocenters. The van der Waals surface area contributed by atoms with Gasteiger partial charge >= 0.3 is 0 Å². The molecule has 0 aliphatic heterocycles. The number of rotatable bonds is 8. The molecule has 3 heteroatoms. The molecule has 3 nitrogen and oxygen atoms in total. The Balaban J connectivity index is 2.70. The molecule has 0 unspecified atom stereocenters. The molecule has 0 radical (unpaired) electrons. The highest BCUT2D eigenvalue weighted by Crippen LogP contribution is 2.17. The number of aromatic nitrogens is 1. The van der Waals surface area contributed by atoms with Crippen LogP contribution in [0.25, 0.3) is 0 Å². The first kappa shape index (κ1) is 15.0. The van der Waals surface area contributed by atoms with Crippen molar-refractivity contribution in [2.45, 2.75) is 52.6 Å². The van der Waals surface area contributed by atoms with Crippen LogP contribution in [-0.2, 0) is 0 Å². The fourth-order valence-electron chi connectivity index (χ4n) is 1.87. The van der Waals surface area contributed by atoms with E-state index in [0.29, 0.717) is 0 Å². The summed E-state index contributed by atoms with van der Waals surface area (Å²) >= 11 is 0. The fraction of sp³-hybridized carbons (Fsp3) is 0.667. The van der Waals surface area contributed by atoms with Crippen molar-refractivity contribution < 1.29 is 5.11 Å². The third kappa shape index (κ3) is 4.65. The van der Waals surface area contributed by atoms with E-state index in [4.69, 9.17) is 0 Å². The summed E-state index contributed by atoms with van der Waals surface area (Å²) in [6.07, 6.45) is 6.15. The second-order valence-corrected chi connectivity index (χ2v) is 4.82. The van der Waals surface area contributed by atoms with Gasteiger partial charge in [0.2, 0.25) is 0 Å². The summed E-state index contributed by atoms with van der Waals surface area (Å²) < 4.78 is 0. The summed E-state index contributed by atoms with van der Waals surface area (Å²) in [5.74, 6) is 1.03. The van der Waals surface area contributed by atoms with E-state index in [1.54, 1.807) is 13.1 Å². The quantitative estimate of drug-likeness (QED) is 0.766. The average molecular weight is 250 g/mol. The maximum Gasteiger partial charge on any atom is 0.128 e. The molecule has 1 aromatic heterocycles. The summed E-state index contributed by atoms with van der Waals surface area (Å²) in [5, 5.41) is 9.48. The molecule has 1 aromatic rings. The van der Waals surface area contributed by atoms with Crippen LogP contribution in [0.2, 0.25) is 0 Å². The molecule has 1 N–H and O–H groups in total. The van der Waals surface area contributed by atoms with E-state index in [1.165, 1.54) is 25.7 Å². The van der Waals surface area contributed by atoms with E-state index in [9.17, 15) is 5.11 Å². The van der Waals surface area contributed by atoms with E-state index in [1.807, 2.05) is 12.1 Å². The predicted molar refractivity (Wildman–Crippen MR) is 76.9 cm³/mol. The minimum atomic E-state index is -0.439. The van der Waals surface area contributed by atoms with Gasteiger partial charge < -0.3 is 10.0 Å². The van der Waals surface area contributed by atoms with E-state index >= 15 is 0 Å².